The van der Waals surface area contributed by atoms with Crippen molar-refractivity contribution in [3.8, 4) is 0 Å². The molecule has 0 atom stereocenters. The molecule has 0 aliphatic carbocycles. The number of hydrogen-bond acceptors (Lipinski definition) is 3. The largest absolute Gasteiger partial charge is 0.354 e. The molecule has 1 fully saturated rings. The Hall–Kier alpha value is -1.42. The summed E-state index contributed by atoms with van der Waals surface area (Å²) in [5.41, 5.74) is 1.47. The van der Waals surface area contributed by atoms with E-state index in [2.05, 4.69) is 22.1 Å². The number of hydrogen-bond donors (Lipinski definition) is 1. The molecule has 106 valence electrons. The second-order valence-electron chi connectivity index (χ2n) is 4.56. The summed E-state index contributed by atoms with van der Waals surface area (Å²) in [5, 5.41) is 2.59. The molecule has 0 bridgehead atoms. The quantitative estimate of drug-likeness (QED) is 0.906. The Bertz CT molecular complexity index is 400. The second-order valence-corrected chi connectivity index (χ2v) is 4.56. The van der Waals surface area contributed by atoms with Gasteiger partial charge in [-0.3, -0.25) is 9.69 Å². The highest BCUT2D eigenvalue weighted by molar-refractivity contribution is 5.91. The summed E-state index contributed by atoms with van der Waals surface area (Å²) < 4.78 is 0. The minimum atomic E-state index is -0.123. The fourth-order valence-electron chi connectivity index (χ4n) is 2.12. The van der Waals surface area contributed by atoms with Crippen LogP contribution in [0, 0.1) is 5.92 Å². The summed E-state index contributed by atoms with van der Waals surface area (Å²) >= 11 is 0. The van der Waals surface area contributed by atoms with E-state index in [1.807, 2.05) is 26.0 Å². The molecule has 4 heteroatoms. The average molecular weight is 263 g/mol. The van der Waals surface area contributed by atoms with E-state index in [-0.39, 0.29) is 5.91 Å². The van der Waals surface area contributed by atoms with E-state index >= 15 is 0 Å². The Morgan fingerprint density at radius 1 is 1.42 bits per heavy atom. The molecular formula is C15H25N3O. The van der Waals surface area contributed by atoms with Gasteiger partial charge in [-0.05, 0) is 18.1 Å². The Morgan fingerprint density at radius 3 is 2.68 bits per heavy atom. The van der Waals surface area contributed by atoms with Crippen LogP contribution >= 0.6 is 0 Å². The Morgan fingerprint density at radius 2 is 2.11 bits per heavy atom. The summed E-state index contributed by atoms with van der Waals surface area (Å²) in [4.78, 5) is 18.2. The van der Waals surface area contributed by atoms with Crippen LogP contribution in [0.5, 0.6) is 0 Å². The topological polar surface area (TPSA) is 45.2 Å². The molecule has 2 heterocycles. The second kappa shape index (κ2) is 7.89. The van der Waals surface area contributed by atoms with Gasteiger partial charge in [0.25, 0.3) is 5.91 Å². The predicted molar refractivity (Wildman–Crippen MR) is 78.0 cm³/mol. The number of carbonyl (C=O) groups excluding carboxylic acids is 1. The SMILES string of the molecule is CC.CCC1CN(Cc2cccc(C(=O)NC)n2)C1. The van der Waals surface area contributed by atoms with Crippen LogP contribution in [0.2, 0.25) is 0 Å². The monoisotopic (exact) mass is 263 g/mol. The van der Waals surface area contributed by atoms with Gasteiger partial charge in [-0.1, -0.05) is 33.3 Å². The number of pyridine rings is 1. The molecule has 0 aromatic carbocycles. The van der Waals surface area contributed by atoms with Crippen LogP contribution < -0.4 is 5.32 Å². The lowest BCUT2D eigenvalue weighted by Crippen LogP contribution is -2.45. The van der Waals surface area contributed by atoms with E-state index in [1.165, 1.54) is 6.42 Å². The van der Waals surface area contributed by atoms with Crippen molar-refractivity contribution in [1.29, 1.82) is 0 Å². The number of aromatic nitrogens is 1. The first-order chi connectivity index (χ1) is 9.22. The maximum atomic E-state index is 11.4. The molecule has 2 rings (SSSR count). The number of nitrogens with one attached hydrogen (secondary N) is 1. The lowest BCUT2D eigenvalue weighted by Gasteiger charge is -2.38. The molecule has 19 heavy (non-hydrogen) atoms. The highest BCUT2D eigenvalue weighted by Crippen LogP contribution is 2.20. The lowest BCUT2D eigenvalue weighted by molar-refractivity contribution is 0.0879. The number of rotatable bonds is 4. The van der Waals surface area contributed by atoms with Crippen molar-refractivity contribution >= 4 is 5.91 Å². The van der Waals surface area contributed by atoms with Crippen LogP contribution in [-0.4, -0.2) is 35.9 Å². The van der Waals surface area contributed by atoms with Crippen LogP contribution in [0.3, 0.4) is 0 Å². The van der Waals surface area contributed by atoms with E-state index < -0.39 is 0 Å². The van der Waals surface area contributed by atoms with Crippen molar-refractivity contribution in [2.45, 2.75) is 33.7 Å². The summed E-state index contributed by atoms with van der Waals surface area (Å²) in [7, 11) is 1.62. The van der Waals surface area contributed by atoms with E-state index in [9.17, 15) is 4.79 Å². The molecular weight excluding hydrogens is 238 g/mol. The minimum Gasteiger partial charge on any atom is -0.354 e. The third kappa shape index (κ3) is 4.31. The molecule has 0 radical (unpaired) electrons. The van der Waals surface area contributed by atoms with Gasteiger partial charge in [0, 0.05) is 26.7 Å². The molecule has 1 aliphatic heterocycles. The first-order valence-corrected chi connectivity index (χ1v) is 7.13. The molecule has 1 aromatic heterocycles. The molecule has 1 aromatic rings. The molecule has 1 saturated heterocycles. The van der Waals surface area contributed by atoms with Crippen molar-refractivity contribution < 1.29 is 4.79 Å². The number of amides is 1. The minimum absolute atomic E-state index is 0.123. The van der Waals surface area contributed by atoms with Gasteiger partial charge in [0.05, 0.1) is 5.69 Å². The van der Waals surface area contributed by atoms with E-state index in [1.54, 1.807) is 13.1 Å². The fourth-order valence-corrected chi connectivity index (χ4v) is 2.12. The van der Waals surface area contributed by atoms with Crippen LogP contribution in [0.4, 0.5) is 0 Å². The third-order valence-electron chi connectivity index (χ3n) is 3.26. The first kappa shape index (κ1) is 15.6. The maximum Gasteiger partial charge on any atom is 0.269 e. The van der Waals surface area contributed by atoms with Crippen molar-refractivity contribution in [1.82, 2.24) is 15.2 Å². The number of carbonyl (C=O) groups is 1. The van der Waals surface area contributed by atoms with Crippen molar-refractivity contribution in [3.63, 3.8) is 0 Å². The zero-order valence-corrected chi connectivity index (χ0v) is 12.4. The Labute approximate surface area is 116 Å². The standard InChI is InChI=1S/C13H19N3O.C2H6/c1-3-10-7-16(8-10)9-11-5-4-6-12(15-11)13(17)14-2;1-2/h4-6,10H,3,7-9H2,1-2H3,(H,14,17);1-2H3. The molecule has 4 nitrogen and oxygen atoms in total. The van der Waals surface area contributed by atoms with E-state index in [4.69, 9.17) is 0 Å². The lowest BCUT2D eigenvalue weighted by atomic mass is 9.97. The molecule has 1 amide bonds. The average Bonchev–Trinajstić information content (AvgIpc) is 2.44. The third-order valence-corrected chi connectivity index (χ3v) is 3.26. The zero-order valence-electron chi connectivity index (χ0n) is 12.4. The molecule has 1 N–H and O–H groups in total. The molecule has 1 aliphatic rings. The zero-order chi connectivity index (χ0) is 14.3. The highest BCUT2D eigenvalue weighted by Gasteiger charge is 2.25. The van der Waals surface area contributed by atoms with Gasteiger partial charge in [0.15, 0.2) is 0 Å². The first-order valence-electron chi connectivity index (χ1n) is 7.13. The van der Waals surface area contributed by atoms with Crippen LogP contribution in [0.1, 0.15) is 43.4 Å². The molecule has 0 unspecified atom stereocenters. The van der Waals surface area contributed by atoms with Gasteiger partial charge in [-0.15, -0.1) is 0 Å². The van der Waals surface area contributed by atoms with Gasteiger partial charge in [0.2, 0.25) is 0 Å². The smallest absolute Gasteiger partial charge is 0.269 e. The highest BCUT2D eigenvalue weighted by atomic mass is 16.1. The van der Waals surface area contributed by atoms with Gasteiger partial charge in [0.1, 0.15) is 5.69 Å². The molecule has 0 saturated carbocycles. The molecule has 0 spiro atoms. The number of nitrogens with zero attached hydrogens (tertiary/aromatic N) is 2. The maximum absolute atomic E-state index is 11.4. The van der Waals surface area contributed by atoms with Gasteiger partial charge in [-0.25, -0.2) is 4.98 Å². The summed E-state index contributed by atoms with van der Waals surface area (Å²) in [6.45, 7) is 9.39. The Balaban J connectivity index is 0.000000861. The van der Waals surface area contributed by atoms with Gasteiger partial charge >= 0.3 is 0 Å². The van der Waals surface area contributed by atoms with Crippen LogP contribution in [0.25, 0.3) is 0 Å². The van der Waals surface area contributed by atoms with Crippen LogP contribution in [-0.2, 0) is 6.54 Å². The number of likely N-dealkylation sites (tertiary alicyclic amines) is 1. The van der Waals surface area contributed by atoms with Crippen molar-refractivity contribution in [2.75, 3.05) is 20.1 Å². The van der Waals surface area contributed by atoms with E-state index in [0.29, 0.717) is 5.69 Å². The normalized spacial score (nSPS) is 15.2. The van der Waals surface area contributed by atoms with Crippen molar-refractivity contribution in [3.05, 3.63) is 29.6 Å². The van der Waals surface area contributed by atoms with Crippen LogP contribution in [0.15, 0.2) is 18.2 Å². The van der Waals surface area contributed by atoms with Gasteiger partial charge < -0.3 is 5.32 Å². The van der Waals surface area contributed by atoms with E-state index in [0.717, 1.165) is 31.2 Å². The van der Waals surface area contributed by atoms with Crippen molar-refractivity contribution in [2.24, 2.45) is 5.92 Å². The predicted octanol–water partition coefficient (Wildman–Crippen LogP) is 2.31. The summed E-state index contributed by atoms with van der Waals surface area (Å²) in [6, 6.07) is 5.61. The fraction of sp³-hybridized carbons (Fsp3) is 0.600. The van der Waals surface area contributed by atoms with Gasteiger partial charge in [-0.2, -0.15) is 0 Å². The summed E-state index contributed by atoms with van der Waals surface area (Å²) in [5.74, 6) is 0.721. The Kier molecular flexibility index (Phi) is 6.50. The summed E-state index contributed by atoms with van der Waals surface area (Å²) in [6.07, 6.45) is 1.25.